The summed E-state index contributed by atoms with van der Waals surface area (Å²) in [5.74, 6) is 6.72. The first kappa shape index (κ1) is 24.6. The third-order valence-electron chi connectivity index (χ3n) is 6.63. The molecule has 0 bridgehead atoms. The van der Waals surface area contributed by atoms with E-state index in [4.69, 9.17) is 4.74 Å². The summed E-state index contributed by atoms with van der Waals surface area (Å²) in [6.45, 7) is 2.07. The van der Waals surface area contributed by atoms with Gasteiger partial charge in [-0.05, 0) is 79.5 Å². The Labute approximate surface area is 205 Å². The second kappa shape index (κ2) is 11.7. The zero-order valence-electron chi connectivity index (χ0n) is 19.8. The quantitative estimate of drug-likeness (QED) is 0.479. The molecule has 35 heavy (non-hydrogen) atoms. The highest BCUT2D eigenvalue weighted by Gasteiger charge is 2.31. The molecule has 8 nitrogen and oxygen atoms in total. The molecule has 2 aromatic heterocycles. The van der Waals surface area contributed by atoms with Crippen LogP contribution in [0, 0.1) is 23.7 Å². The normalized spacial score (nSPS) is 19.0. The van der Waals surface area contributed by atoms with Gasteiger partial charge in [-0.3, -0.25) is 14.7 Å². The van der Waals surface area contributed by atoms with Crippen molar-refractivity contribution in [1.82, 2.24) is 19.9 Å². The number of benzene rings is 1. The molecule has 3 heterocycles. The predicted octanol–water partition coefficient (Wildman–Crippen LogP) is 3.31. The smallest absolute Gasteiger partial charge is 0.303 e. The zero-order valence-corrected chi connectivity index (χ0v) is 19.8. The molecule has 1 saturated heterocycles. The highest BCUT2D eigenvalue weighted by Crippen LogP contribution is 2.34. The van der Waals surface area contributed by atoms with Crippen LogP contribution in [0.5, 0.6) is 5.75 Å². The number of carboxylic acids is 1. The monoisotopic (exact) mass is 474 g/mol. The van der Waals surface area contributed by atoms with E-state index in [2.05, 4.69) is 31.7 Å². The lowest BCUT2D eigenvalue weighted by atomic mass is 9.79. The maximum atomic E-state index is 11.6. The fourth-order valence-corrected chi connectivity index (χ4v) is 4.82. The van der Waals surface area contributed by atoms with Crippen molar-refractivity contribution in [3.8, 4) is 17.6 Å². The van der Waals surface area contributed by atoms with Gasteiger partial charge in [0.1, 0.15) is 5.75 Å². The first-order chi connectivity index (χ1) is 17.0. The summed E-state index contributed by atoms with van der Waals surface area (Å²) in [5, 5.41) is 21.4. The molecule has 0 radical (unpaired) electrons. The van der Waals surface area contributed by atoms with E-state index in [9.17, 15) is 15.0 Å². The number of nitrogens with zero attached hydrogens (tertiary/aromatic N) is 4. The number of likely N-dealkylation sites (tertiary alicyclic amines) is 1. The summed E-state index contributed by atoms with van der Waals surface area (Å²) in [6.07, 6.45) is 6.66. The molecule has 1 fully saturated rings. The van der Waals surface area contributed by atoms with Gasteiger partial charge in [0.2, 0.25) is 5.82 Å². The van der Waals surface area contributed by atoms with Gasteiger partial charge in [-0.15, -0.1) is 0 Å². The van der Waals surface area contributed by atoms with Gasteiger partial charge in [0.05, 0.1) is 25.3 Å². The number of carbonyl (C=O) groups is 1. The maximum Gasteiger partial charge on any atom is 0.303 e. The van der Waals surface area contributed by atoms with Crippen LogP contribution in [0.15, 0.2) is 48.9 Å². The number of pyridine rings is 1. The minimum atomic E-state index is -0.793. The molecule has 3 aromatic rings. The highest BCUT2D eigenvalue weighted by molar-refractivity contribution is 5.83. The fourth-order valence-electron chi connectivity index (χ4n) is 4.82. The Hall–Kier alpha value is -3.54. The molecule has 2 N–H and O–H groups in total. The van der Waals surface area contributed by atoms with E-state index in [-0.39, 0.29) is 18.3 Å². The molecular weight excluding hydrogens is 444 g/mol. The van der Waals surface area contributed by atoms with Crippen LogP contribution in [-0.4, -0.2) is 62.8 Å². The Kier molecular flexibility index (Phi) is 8.24. The van der Waals surface area contributed by atoms with Crippen molar-refractivity contribution in [3.63, 3.8) is 0 Å². The Morgan fingerprint density at radius 1 is 1.20 bits per heavy atom. The third kappa shape index (κ3) is 6.53. The van der Waals surface area contributed by atoms with Gasteiger partial charge in [-0.2, -0.15) is 0 Å². The third-order valence-corrected chi connectivity index (χ3v) is 6.63. The van der Waals surface area contributed by atoms with Crippen LogP contribution in [0.25, 0.3) is 10.9 Å². The molecule has 0 unspecified atom stereocenters. The number of carboxylic acid groups (broad SMARTS) is 1. The molecule has 0 amide bonds. The lowest BCUT2D eigenvalue weighted by Gasteiger charge is -2.37. The summed E-state index contributed by atoms with van der Waals surface area (Å²) in [6, 6.07) is 9.23. The SMILES string of the molecule is COc1ccc2nccc([C@H](O)CC[C@@H]3CCN(CC#Cc4ncccn4)C[C@@H]3CC(=O)O)c2c1. The van der Waals surface area contributed by atoms with Crippen LogP contribution in [-0.2, 0) is 4.79 Å². The van der Waals surface area contributed by atoms with Crippen molar-refractivity contribution < 1.29 is 19.7 Å². The van der Waals surface area contributed by atoms with Crippen LogP contribution in [0.3, 0.4) is 0 Å². The van der Waals surface area contributed by atoms with Gasteiger partial charge in [-0.1, -0.05) is 5.92 Å². The maximum absolute atomic E-state index is 11.6. The number of fused-ring (bicyclic) bond motifs is 1. The lowest BCUT2D eigenvalue weighted by Crippen LogP contribution is -2.41. The predicted molar refractivity (Wildman–Crippen MR) is 132 cm³/mol. The van der Waals surface area contributed by atoms with Crippen molar-refractivity contribution in [3.05, 3.63) is 60.3 Å². The van der Waals surface area contributed by atoms with Crippen LogP contribution in [0.1, 0.15) is 43.2 Å². The number of aliphatic hydroxyl groups is 1. The van der Waals surface area contributed by atoms with E-state index in [1.54, 1.807) is 31.8 Å². The molecule has 3 atom stereocenters. The van der Waals surface area contributed by atoms with Crippen molar-refractivity contribution >= 4 is 16.9 Å². The first-order valence-corrected chi connectivity index (χ1v) is 11.8. The number of ether oxygens (including phenoxy) is 1. The van der Waals surface area contributed by atoms with Crippen LogP contribution in [0.4, 0.5) is 0 Å². The van der Waals surface area contributed by atoms with Crippen LogP contribution < -0.4 is 4.74 Å². The molecule has 0 spiro atoms. The average molecular weight is 475 g/mol. The summed E-state index contributed by atoms with van der Waals surface area (Å²) in [7, 11) is 1.61. The summed E-state index contributed by atoms with van der Waals surface area (Å²) >= 11 is 0. The molecule has 1 aliphatic heterocycles. The number of aliphatic carboxylic acids is 1. The number of piperidine rings is 1. The summed E-state index contributed by atoms with van der Waals surface area (Å²) in [4.78, 5) is 26.4. The van der Waals surface area contributed by atoms with Crippen molar-refractivity contribution in [2.45, 2.75) is 31.8 Å². The van der Waals surface area contributed by atoms with Crippen molar-refractivity contribution in [2.24, 2.45) is 11.8 Å². The molecule has 4 rings (SSSR count). The number of rotatable bonds is 8. The Morgan fingerprint density at radius 3 is 2.80 bits per heavy atom. The molecule has 182 valence electrons. The Balaban J connectivity index is 1.39. The molecule has 0 aliphatic carbocycles. The molecule has 1 aliphatic rings. The van der Waals surface area contributed by atoms with Gasteiger partial charge in [0, 0.05) is 36.9 Å². The molecule has 0 saturated carbocycles. The fraction of sp³-hybridized carbons (Fsp3) is 0.407. The number of aliphatic hydroxyl groups excluding tert-OH is 1. The largest absolute Gasteiger partial charge is 0.497 e. The number of methoxy groups -OCH3 is 1. The van der Waals surface area contributed by atoms with E-state index in [0.717, 1.165) is 41.6 Å². The molecular formula is C27H30N4O4. The van der Waals surface area contributed by atoms with Gasteiger partial charge < -0.3 is 14.9 Å². The van der Waals surface area contributed by atoms with E-state index in [0.29, 0.717) is 25.3 Å². The molecule has 8 heteroatoms. The van der Waals surface area contributed by atoms with Crippen molar-refractivity contribution in [1.29, 1.82) is 0 Å². The highest BCUT2D eigenvalue weighted by atomic mass is 16.5. The van der Waals surface area contributed by atoms with E-state index < -0.39 is 12.1 Å². The second-order valence-electron chi connectivity index (χ2n) is 8.89. The number of hydrogen-bond donors (Lipinski definition) is 2. The Morgan fingerprint density at radius 2 is 2.03 bits per heavy atom. The van der Waals surface area contributed by atoms with Crippen molar-refractivity contribution in [2.75, 3.05) is 26.7 Å². The van der Waals surface area contributed by atoms with Gasteiger partial charge in [0.15, 0.2) is 0 Å². The first-order valence-electron chi connectivity index (χ1n) is 11.8. The van der Waals surface area contributed by atoms with Gasteiger partial charge in [0.25, 0.3) is 0 Å². The average Bonchev–Trinajstić information content (AvgIpc) is 2.87. The molecule has 1 aromatic carbocycles. The van der Waals surface area contributed by atoms with Gasteiger partial charge >= 0.3 is 5.97 Å². The summed E-state index contributed by atoms with van der Waals surface area (Å²) < 4.78 is 5.34. The second-order valence-corrected chi connectivity index (χ2v) is 8.89. The lowest BCUT2D eigenvalue weighted by molar-refractivity contribution is -0.139. The topological polar surface area (TPSA) is 109 Å². The Bertz CT molecular complexity index is 1210. The van der Waals surface area contributed by atoms with E-state index in [1.807, 2.05) is 24.3 Å². The van der Waals surface area contributed by atoms with E-state index >= 15 is 0 Å². The standard InChI is InChI=1S/C27H30N4O4/c1-35-21-6-7-24-23(17-21)22(9-13-28-24)25(32)8-5-19-10-15-31(18-20(19)16-27(33)34)14-2-4-26-29-11-3-12-30-26/h3,6-7,9,11-13,17,19-20,25,32H,5,8,10,14-16,18H2,1H3,(H,33,34)/t19-,20+,25-/m1/s1. The minimum Gasteiger partial charge on any atom is -0.497 e. The van der Waals surface area contributed by atoms with Gasteiger partial charge in [-0.25, -0.2) is 9.97 Å². The number of aromatic nitrogens is 3. The van der Waals surface area contributed by atoms with E-state index in [1.165, 1.54) is 0 Å². The minimum absolute atomic E-state index is 0.0116. The summed E-state index contributed by atoms with van der Waals surface area (Å²) in [5.41, 5.74) is 1.63. The van der Waals surface area contributed by atoms with Crippen LogP contribution >= 0.6 is 0 Å². The number of hydrogen-bond acceptors (Lipinski definition) is 7. The van der Waals surface area contributed by atoms with Crippen LogP contribution in [0.2, 0.25) is 0 Å². The zero-order chi connectivity index (χ0) is 24.6.